The summed E-state index contributed by atoms with van der Waals surface area (Å²) in [6.45, 7) is 6.79. The van der Waals surface area contributed by atoms with Gasteiger partial charge in [0, 0.05) is 43.1 Å². The number of Topliss-reactive ketones (excluding diaryl/α,β-unsaturated/α-hetero) is 1. The first-order chi connectivity index (χ1) is 15.7. The summed E-state index contributed by atoms with van der Waals surface area (Å²) in [4.78, 5) is 23.2. The maximum absolute atomic E-state index is 12.6. The van der Waals surface area contributed by atoms with Gasteiger partial charge in [-0.15, -0.1) is 11.8 Å². The minimum Gasteiger partial charge on any atom is -0.481 e. The SMILES string of the molecule is CC#CCC(C)(C)[C@@H](C=C[C@H]1[C@H](O)CC(=O)[C@@H]1CCCCCCC(=O)O)OC1CCCCO1. The lowest BCUT2D eigenvalue weighted by Crippen LogP contribution is -2.36. The van der Waals surface area contributed by atoms with E-state index < -0.39 is 12.1 Å². The molecule has 1 unspecified atom stereocenters. The van der Waals surface area contributed by atoms with E-state index in [1.165, 1.54) is 0 Å². The Labute approximate surface area is 199 Å². The largest absolute Gasteiger partial charge is 0.481 e. The molecule has 0 aromatic carbocycles. The van der Waals surface area contributed by atoms with E-state index in [4.69, 9.17) is 14.6 Å². The molecule has 6 nitrogen and oxygen atoms in total. The molecule has 1 heterocycles. The predicted molar refractivity (Wildman–Crippen MR) is 127 cm³/mol. The Hall–Kier alpha value is -1.68. The number of hydrogen-bond acceptors (Lipinski definition) is 5. The Morgan fingerprint density at radius 1 is 1.27 bits per heavy atom. The number of carbonyl (C=O) groups excluding carboxylic acids is 1. The standard InChI is InChI=1S/C27H42O6/c1-4-5-17-27(2,3)24(33-26-14-10-11-18-32-26)16-15-21-20(22(28)19-23(21)29)12-8-6-7-9-13-25(30)31/h15-16,20-21,23-24,26,29H,6-14,17-19H2,1-3H3,(H,30,31)/t20-,21-,23-,24-,26?/m1/s1. The van der Waals surface area contributed by atoms with Gasteiger partial charge in [-0.05, 0) is 39.0 Å². The van der Waals surface area contributed by atoms with Crippen molar-refractivity contribution in [2.24, 2.45) is 17.3 Å². The van der Waals surface area contributed by atoms with Crippen molar-refractivity contribution in [2.75, 3.05) is 6.61 Å². The minimum atomic E-state index is -0.766. The lowest BCUT2D eigenvalue weighted by Gasteiger charge is -2.35. The fourth-order valence-corrected chi connectivity index (χ4v) is 4.70. The molecule has 1 aliphatic heterocycles. The number of aliphatic hydroxyl groups excluding tert-OH is 1. The molecule has 0 bridgehead atoms. The molecule has 0 aromatic rings. The molecule has 2 fully saturated rings. The van der Waals surface area contributed by atoms with Gasteiger partial charge in [-0.2, -0.15) is 0 Å². The average Bonchev–Trinajstić information content (AvgIpc) is 3.04. The van der Waals surface area contributed by atoms with Crippen molar-refractivity contribution in [3.63, 3.8) is 0 Å². The summed E-state index contributed by atoms with van der Waals surface area (Å²) in [7, 11) is 0. The van der Waals surface area contributed by atoms with Gasteiger partial charge in [-0.1, -0.05) is 45.3 Å². The quantitative estimate of drug-likeness (QED) is 0.230. The molecular weight excluding hydrogens is 420 g/mol. The number of carboxylic acid groups (broad SMARTS) is 1. The van der Waals surface area contributed by atoms with E-state index >= 15 is 0 Å². The summed E-state index contributed by atoms with van der Waals surface area (Å²) >= 11 is 0. The van der Waals surface area contributed by atoms with Gasteiger partial charge in [0.1, 0.15) is 5.78 Å². The molecule has 0 spiro atoms. The second kappa shape index (κ2) is 13.9. The highest BCUT2D eigenvalue weighted by Gasteiger charge is 2.40. The summed E-state index contributed by atoms with van der Waals surface area (Å²) in [5.74, 6) is 5.07. The van der Waals surface area contributed by atoms with Crippen molar-refractivity contribution in [2.45, 2.75) is 110 Å². The molecule has 2 N–H and O–H groups in total. The average molecular weight is 463 g/mol. The molecule has 6 heteroatoms. The first-order valence-corrected chi connectivity index (χ1v) is 12.5. The Balaban J connectivity index is 2.03. The smallest absolute Gasteiger partial charge is 0.303 e. The number of rotatable bonds is 13. The summed E-state index contributed by atoms with van der Waals surface area (Å²) in [5.41, 5.74) is -0.243. The van der Waals surface area contributed by atoms with E-state index in [2.05, 4.69) is 25.7 Å². The van der Waals surface area contributed by atoms with Crippen molar-refractivity contribution >= 4 is 11.8 Å². The van der Waals surface area contributed by atoms with Crippen molar-refractivity contribution in [1.29, 1.82) is 0 Å². The van der Waals surface area contributed by atoms with E-state index in [9.17, 15) is 14.7 Å². The maximum Gasteiger partial charge on any atom is 0.303 e. The molecule has 0 radical (unpaired) electrons. The minimum absolute atomic E-state index is 0.117. The Kier molecular flexibility index (Phi) is 11.6. The number of aliphatic carboxylic acids is 1. The lowest BCUT2D eigenvalue weighted by atomic mass is 9.81. The fourth-order valence-electron chi connectivity index (χ4n) is 4.70. The normalized spacial score (nSPS) is 26.8. The highest BCUT2D eigenvalue weighted by molar-refractivity contribution is 5.84. The number of aliphatic hydroxyl groups is 1. The first kappa shape index (κ1) is 27.6. The van der Waals surface area contributed by atoms with Crippen molar-refractivity contribution < 1.29 is 29.3 Å². The molecule has 1 saturated carbocycles. The molecule has 0 aromatic heterocycles. The second-order valence-electron chi connectivity index (χ2n) is 10.1. The first-order valence-electron chi connectivity index (χ1n) is 12.5. The predicted octanol–water partition coefficient (Wildman–Crippen LogP) is 4.89. The van der Waals surface area contributed by atoms with Gasteiger partial charge in [0.05, 0.1) is 12.2 Å². The zero-order valence-corrected chi connectivity index (χ0v) is 20.6. The van der Waals surface area contributed by atoms with Crippen molar-refractivity contribution in [3.05, 3.63) is 12.2 Å². The van der Waals surface area contributed by atoms with Crippen molar-refractivity contribution in [3.8, 4) is 11.8 Å². The number of ether oxygens (including phenoxy) is 2. The third-order valence-electron chi connectivity index (χ3n) is 6.82. The van der Waals surface area contributed by atoms with Gasteiger partial charge in [0.15, 0.2) is 6.29 Å². The number of hydrogen-bond donors (Lipinski definition) is 2. The van der Waals surface area contributed by atoms with Crippen LogP contribution in [0.25, 0.3) is 0 Å². The van der Waals surface area contributed by atoms with Crippen LogP contribution in [0.5, 0.6) is 0 Å². The Bertz CT molecular complexity index is 710. The summed E-state index contributed by atoms with van der Waals surface area (Å²) in [5, 5.41) is 19.3. The maximum atomic E-state index is 12.6. The van der Waals surface area contributed by atoms with E-state index in [1.54, 1.807) is 0 Å². The number of carbonyl (C=O) groups is 2. The number of ketones is 1. The molecule has 5 atom stereocenters. The van der Waals surface area contributed by atoms with Crippen LogP contribution in [-0.4, -0.2) is 47.1 Å². The van der Waals surface area contributed by atoms with Crippen LogP contribution in [0.1, 0.15) is 91.4 Å². The Morgan fingerprint density at radius 2 is 2.03 bits per heavy atom. The zero-order chi connectivity index (χ0) is 24.3. The van der Waals surface area contributed by atoms with Gasteiger partial charge in [0.2, 0.25) is 0 Å². The lowest BCUT2D eigenvalue weighted by molar-refractivity contribution is -0.196. The van der Waals surface area contributed by atoms with Gasteiger partial charge in [-0.3, -0.25) is 9.59 Å². The van der Waals surface area contributed by atoms with Gasteiger partial charge >= 0.3 is 5.97 Å². The molecule has 33 heavy (non-hydrogen) atoms. The summed E-state index contributed by atoms with van der Waals surface area (Å²) < 4.78 is 12.2. The van der Waals surface area contributed by atoms with Crippen LogP contribution in [-0.2, 0) is 19.1 Å². The highest BCUT2D eigenvalue weighted by Crippen LogP contribution is 2.36. The third kappa shape index (κ3) is 9.23. The second-order valence-corrected chi connectivity index (χ2v) is 10.1. The number of unbranched alkanes of at least 4 members (excludes halogenated alkanes) is 3. The van der Waals surface area contributed by atoms with Gasteiger partial charge < -0.3 is 19.7 Å². The molecule has 186 valence electrons. The molecule has 0 amide bonds. The zero-order valence-electron chi connectivity index (χ0n) is 20.6. The summed E-state index contributed by atoms with van der Waals surface area (Å²) in [6, 6.07) is 0. The van der Waals surface area contributed by atoms with Crippen LogP contribution in [0, 0.1) is 29.1 Å². The van der Waals surface area contributed by atoms with Crippen LogP contribution < -0.4 is 0 Å². The topological polar surface area (TPSA) is 93.1 Å². The highest BCUT2D eigenvalue weighted by atomic mass is 16.7. The van der Waals surface area contributed by atoms with Gasteiger partial charge in [-0.25, -0.2) is 0 Å². The third-order valence-corrected chi connectivity index (χ3v) is 6.82. The van der Waals surface area contributed by atoms with Crippen LogP contribution in [0.3, 0.4) is 0 Å². The van der Waals surface area contributed by atoms with Crippen molar-refractivity contribution in [1.82, 2.24) is 0 Å². The monoisotopic (exact) mass is 462 g/mol. The molecular formula is C27H42O6. The van der Waals surface area contributed by atoms with E-state index in [0.717, 1.165) is 44.9 Å². The molecule has 1 aliphatic carbocycles. The van der Waals surface area contributed by atoms with Crippen LogP contribution in [0.15, 0.2) is 12.2 Å². The fraction of sp³-hybridized carbons (Fsp3) is 0.778. The molecule has 1 saturated heterocycles. The van der Waals surface area contributed by atoms with Gasteiger partial charge in [0.25, 0.3) is 0 Å². The van der Waals surface area contributed by atoms with E-state index in [0.29, 0.717) is 19.4 Å². The molecule has 2 rings (SSSR count). The number of carboxylic acids is 1. The van der Waals surface area contributed by atoms with E-state index in [1.807, 2.05) is 19.1 Å². The van der Waals surface area contributed by atoms with E-state index in [-0.39, 0.29) is 48.3 Å². The molecule has 2 aliphatic rings. The Morgan fingerprint density at radius 3 is 2.70 bits per heavy atom. The summed E-state index contributed by atoms with van der Waals surface area (Å²) in [6.07, 6.45) is 10.9. The van der Waals surface area contributed by atoms with Crippen LogP contribution in [0.2, 0.25) is 0 Å². The van der Waals surface area contributed by atoms with Crippen LogP contribution in [0.4, 0.5) is 0 Å². The van der Waals surface area contributed by atoms with Crippen LogP contribution >= 0.6 is 0 Å².